The highest BCUT2D eigenvalue weighted by atomic mass is 35.5. The van der Waals surface area contributed by atoms with Crippen LogP contribution in [0, 0.1) is 10.1 Å². The summed E-state index contributed by atoms with van der Waals surface area (Å²) in [7, 11) is 3.24. The van der Waals surface area contributed by atoms with Gasteiger partial charge in [0.25, 0.3) is 5.69 Å². The van der Waals surface area contributed by atoms with E-state index in [-0.39, 0.29) is 18.1 Å². The number of para-hydroxylation sites is 1. The van der Waals surface area contributed by atoms with Crippen molar-refractivity contribution in [2.24, 2.45) is 0 Å². The van der Waals surface area contributed by atoms with Gasteiger partial charge in [0, 0.05) is 43.0 Å². The van der Waals surface area contributed by atoms with Crippen molar-refractivity contribution in [1.82, 2.24) is 5.32 Å². The summed E-state index contributed by atoms with van der Waals surface area (Å²) in [5, 5.41) is 17.1. The lowest BCUT2D eigenvalue weighted by Gasteiger charge is -2.13. The molecule has 0 unspecified atom stereocenters. The van der Waals surface area contributed by atoms with Gasteiger partial charge in [-0.1, -0.05) is 12.1 Å². The molecule has 0 aromatic heterocycles. The van der Waals surface area contributed by atoms with Crippen LogP contribution in [0.2, 0.25) is 0 Å². The number of anilines is 1. The van der Waals surface area contributed by atoms with Crippen LogP contribution >= 0.6 is 12.4 Å². The molecule has 0 radical (unpaired) electrons. The number of nitrogens with zero attached hydrogens (tertiary/aromatic N) is 1. The Bertz CT molecular complexity index is 680. The third kappa shape index (κ3) is 5.81. The number of hydrogen-bond donors (Lipinski definition) is 2. The van der Waals surface area contributed by atoms with E-state index >= 15 is 0 Å². The molecule has 7 nitrogen and oxygen atoms in total. The summed E-state index contributed by atoms with van der Waals surface area (Å²) >= 11 is 0. The molecule has 0 amide bonds. The molecule has 0 saturated heterocycles. The summed E-state index contributed by atoms with van der Waals surface area (Å²) in [4.78, 5) is 10.2. The smallest absolute Gasteiger partial charge is 0.269 e. The molecular formula is C17H22ClN3O4. The Labute approximate surface area is 152 Å². The maximum atomic E-state index is 10.6. The first kappa shape index (κ1) is 20.5. The molecule has 25 heavy (non-hydrogen) atoms. The predicted octanol–water partition coefficient (Wildman–Crippen LogP) is 3.24. The van der Waals surface area contributed by atoms with Crippen molar-refractivity contribution < 1.29 is 14.4 Å². The molecule has 2 rings (SSSR count). The van der Waals surface area contributed by atoms with E-state index in [0.717, 1.165) is 23.5 Å². The van der Waals surface area contributed by atoms with E-state index in [1.807, 2.05) is 18.2 Å². The predicted molar refractivity (Wildman–Crippen MR) is 100 cm³/mol. The van der Waals surface area contributed by atoms with Gasteiger partial charge in [0.2, 0.25) is 0 Å². The highest BCUT2D eigenvalue weighted by Gasteiger charge is 2.08. The van der Waals surface area contributed by atoms with Crippen LogP contribution in [-0.4, -0.2) is 32.2 Å². The molecule has 0 aliphatic heterocycles. The third-order valence-electron chi connectivity index (χ3n) is 3.51. The van der Waals surface area contributed by atoms with Gasteiger partial charge in [-0.05, 0) is 18.2 Å². The highest BCUT2D eigenvalue weighted by molar-refractivity contribution is 5.85. The summed E-state index contributed by atoms with van der Waals surface area (Å²) in [6, 6.07) is 12.1. The van der Waals surface area contributed by atoms with Crippen LogP contribution in [0.1, 0.15) is 5.56 Å². The molecular weight excluding hydrogens is 346 g/mol. The van der Waals surface area contributed by atoms with Crippen LogP contribution in [0.15, 0.2) is 42.5 Å². The Hall–Kier alpha value is -2.51. The van der Waals surface area contributed by atoms with E-state index in [4.69, 9.17) is 9.47 Å². The van der Waals surface area contributed by atoms with E-state index in [1.165, 1.54) is 12.1 Å². The highest BCUT2D eigenvalue weighted by Crippen LogP contribution is 2.30. The summed E-state index contributed by atoms with van der Waals surface area (Å²) in [5.41, 5.74) is 1.96. The maximum absolute atomic E-state index is 10.6. The van der Waals surface area contributed by atoms with Crippen molar-refractivity contribution in [3.05, 3.63) is 58.1 Å². The zero-order valence-corrected chi connectivity index (χ0v) is 15.0. The second kappa shape index (κ2) is 10.4. The number of nitrogens with one attached hydrogen (secondary N) is 2. The molecule has 0 spiro atoms. The molecule has 0 heterocycles. The largest absolute Gasteiger partial charge is 0.493 e. The lowest BCUT2D eigenvalue weighted by atomic mass is 10.2. The fourth-order valence-electron chi connectivity index (χ4n) is 2.31. The summed E-state index contributed by atoms with van der Waals surface area (Å²) < 4.78 is 10.7. The van der Waals surface area contributed by atoms with Crippen molar-refractivity contribution >= 4 is 23.8 Å². The average molecular weight is 368 g/mol. The van der Waals surface area contributed by atoms with Crippen LogP contribution in [0.5, 0.6) is 11.5 Å². The first-order chi connectivity index (χ1) is 11.7. The van der Waals surface area contributed by atoms with Crippen molar-refractivity contribution in [3.8, 4) is 11.5 Å². The normalized spacial score (nSPS) is 9.84. The Morgan fingerprint density at radius 3 is 2.36 bits per heavy atom. The fraction of sp³-hybridized carbons (Fsp3) is 0.294. The molecule has 0 aliphatic rings. The number of nitro groups is 1. The summed E-state index contributed by atoms with van der Waals surface area (Å²) in [5.74, 6) is 1.44. The van der Waals surface area contributed by atoms with Gasteiger partial charge in [0.05, 0.1) is 19.1 Å². The van der Waals surface area contributed by atoms with Gasteiger partial charge in [0.15, 0.2) is 11.5 Å². The second-order valence-corrected chi connectivity index (χ2v) is 5.06. The maximum Gasteiger partial charge on any atom is 0.269 e. The van der Waals surface area contributed by atoms with E-state index in [9.17, 15) is 10.1 Å². The Morgan fingerprint density at radius 2 is 1.76 bits per heavy atom. The van der Waals surface area contributed by atoms with Crippen molar-refractivity contribution in [2.75, 3.05) is 32.6 Å². The summed E-state index contributed by atoms with van der Waals surface area (Å²) in [6.07, 6.45) is 0. The van der Waals surface area contributed by atoms with Gasteiger partial charge in [-0.3, -0.25) is 10.1 Å². The first-order valence-electron chi connectivity index (χ1n) is 7.54. The lowest BCUT2D eigenvalue weighted by Crippen LogP contribution is -2.22. The monoisotopic (exact) mass is 367 g/mol. The van der Waals surface area contributed by atoms with Gasteiger partial charge in [-0.15, -0.1) is 12.4 Å². The Morgan fingerprint density at radius 1 is 1.04 bits per heavy atom. The van der Waals surface area contributed by atoms with Crippen LogP contribution in [-0.2, 0) is 6.54 Å². The van der Waals surface area contributed by atoms with E-state index in [1.54, 1.807) is 26.4 Å². The minimum absolute atomic E-state index is 0. The number of benzene rings is 2. The zero-order chi connectivity index (χ0) is 17.4. The fourth-order valence-corrected chi connectivity index (χ4v) is 2.31. The summed E-state index contributed by atoms with van der Waals surface area (Å²) in [6.45, 7) is 2.09. The van der Waals surface area contributed by atoms with Gasteiger partial charge < -0.3 is 20.1 Å². The Balaban J connectivity index is 0.00000312. The van der Waals surface area contributed by atoms with Crippen LogP contribution < -0.4 is 20.1 Å². The van der Waals surface area contributed by atoms with Gasteiger partial charge in [0.1, 0.15) is 0 Å². The number of methoxy groups -OCH3 is 2. The molecule has 0 aliphatic carbocycles. The number of nitro benzene ring substituents is 1. The molecule has 0 fully saturated rings. The first-order valence-corrected chi connectivity index (χ1v) is 7.54. The van der Waals surface area contributed by atoms with Gasteiger partial charge in [-0.2, -0.15) is 0 Å². The SMILES string of the molecule is COc1cccc(CNCCNc2ccc([N+](=O)[O-])cc2)c1OC.Cl. The number of non-ortho nitro benzene ring substituents is 1. The topological polar surface area (TPSA) is 85.7 Å². The van der Waals surface area contributed by atoms with E-state index in [0.29, 0.717) is 18.8 Å². The number of ether oxygens (including phenoxy) is 2. The molecule has 8 heteroatoms. The van der Waals surface area contributed by atoms with E-state index < -0.39 is 4.92 Å². The molecule has 0 bridgehead atoms. The molecule has 2 N–H and O–H groups in total. The van der Waals surface area contributed by atoms with Gasteiger partial charge in [-0.25, -0.2) is 0 Å². The number of halogens is 1. The molecule has 136 valence electrons. The quantitative estimate of drug-likeness (QED) is 0.402. The molecule has 2 aromatic rings. The number of rotatable bonds is 9. The van der Waals surface area contributed by atoms with E-state index in [2.05, 4.69) is 10.6 Å². The standard InChI is InChI=1S/C17H21N3O4.ClH/c1-23-16-5-3-4-13(17(16)24-2)12-18-10-11-19-14-6-8-15(9-7-14)20(21)22;/h3-9,18-19H,10-12H2,1-2H3;1H. The van der Waals surface area contributed by atoms with Crippen molar-refractivity contribution in [3.63, 3.8) is 0 Å². The minimum atomic E-state index is -0.410. The third-order valence-corrected chi connectivity index (χ3v) is 3.51. The van der Waals surface area contributed by atoms with Crippen molar-refractivity contribution in [1.29, 1.82) is 0 Å². The minimum Gasteiger partial charge on any atom is -0.493 e. The van der Waals surface area contributed by atoms with Crippen molar-refractivity contribution in [2.45, 2.75) is 6.54 Å². The van der Waals surface area contributed by atoms with Crippen LogP contribution in [0.25, 0.3) is 0 Å². The number of hydrogen-bond acceptors (Lipinski definition) is 6. The average Bonchev–Trinajstić information content (AvgIpc) is 2.61. The van der Waals surface area contributed by atoms with Crippen LogP contribution in [0.3, 0.4) is 0 Å². The Kier molecular flexibility index (Phi) is 8.52. The molecule has 0 saturated carbocycles. The lowest BCUT2D eigenvalue weighted by molar-refractivity contribution is -0.384. The van der Waals surface area contributed by atoms with Crippen LogP contribution in [0.4, 0.5) is 11.4 Å². The zero-order valence-electron chi connectivity index (χ0n) is 14.2. The molecule has 2 aromatic carbocycles. The van der Waals surface area contributed by atoms with Gasteiger partial charge >= 0.3 is 0 Å². The second-order valence-electron chi connectivity index (χ2n) is 5.06. The molecule has 0 atom stereocenters.